The van der Waals surface area contributed by atoms with E-state index in [4.69, 9.17) is 4.98 Å². The van der Waals surface area contributed by atoms with Crippen LogP contribution in [0.4, 0.5) is 0 Å². The number of hydrogen-bond acceptors (Lipinski definition) is 3. The molecule has 31 heavy (non-hydrogen) atoms. The van der Waals surface area contributed by atoms with Gasteiger partial charge in [0.05, 0.1) is 21.9 Å². The summed E-state index contributed by atoms with van der Waals surface area (Å²) >= 11 is 1.55. The fourth-order valence-electron chi connectivity index (χ4n) is 4.64. The molecule has 0 radical (unpaired) electrons. The molecule has 3 heterocycles. The maximum atomic E-state index is 13.6. The predicted octanol–water partition coefficient (Wildman–Crippen LogP) is 6.16. The molecule has 4 aromatic carbocycles. The third-order valence-electron chi connectivity index (χ3n) is 5.96. The van der Waals surface area contributed by atoms with Gasteiger partial charge in [-0.25, -0.2) is 9.38 Å². The summed E-state index contributed by atoms with van der Waals surface area (Å²) in [6, 6.07) is 30.6. The summed E-state index contributed by atoms with van der Waals surface area (Å²) in [4.78, 5) is 19.2. The molecule has 3 aromatic heterocycles. The van der Waals surface area contributed by atoms with Crippen LogP contribution in [0.2, 0.25) is 0 Å². The minimum atomic E-state index is -0.0239. The van der Waals surface area contributed by atoms with Crippen molar-refractivity contribution in [1.82, 2.24) is 14.0 Å². The van der Waals surface area contributed by atoms with Crippen molar-refractivity contribution in [3.05, 3.63) is 101 Å². The normalized spacial score (nSPS) is 12.0. The first-order valence-electron chi connectivity index (χ1n) is 10.1. The van der Waals surface area contributed by atoms with Crippen LogP contribution >= 0.6 is 11.3 Å². The molecule has 7 aromatic rings. The van der Waals surface area contributed by atoms with Crippen LogP contribution in [0.15, 0.2) is 95.8 Å². The van der Waals surface area contributed by atoms with Gasteiger partial charge in [0.15, 0.2) is 4.96 Å². The third kappa shape index (κ3) is 2.18. The number of rotatable bonds is 1. The molecule has 0 atom stereocenters. The molecular weight excluding hydrogens is 402 g/mol. The van der Waals surface area contributed by atoms with E-state index in [0.717, 1.165) is 53.6 Å². The number of fused-ring (bicyclic) bond motifs is 8. The SMILES string of the molecule is O=c1c2ccccc2sc2nc3ccc4c5ccccc5n(-c5ccccc5)c4c3n12. The van der Waals surface area contributed by atoms with E-state index in [2.05, 4.69) is 47.0 Å². The average molecular weight is 417 g/mol. The smallest absolute Gasteiger partial charge is 0.266 e. The second-order valence-electron chi connectivity index (χ2n) is 7.65. The highest BCUT2D eigenvalue weighted by molar-refractivity contribution is 7.23. The first kappa shape index (κ1) is 16.8. The zero-order chi connectivity index (χ0) is 20.5. The molecule has 0 unspecified atom stereocenters. The van der Waals surface area contributed by atoms with Crippen molar-refractivity contribution in [3.8, 4) is 5.69 Å². The van der Waals surface area contributed by atoms with Gasteiger partial charge < -0.3 is 4.57 Å². The molecule has 146 valence electrons. The Bertz CT molecular complexity index is 1860. The van der Waals surface area contributed by atoms with Crippen LogP contribution in [0.5, 0.6) is 0 Å². The van der Waals surface area contributed by atoms with E-state index in [9.17, 15) is 4.79 Å². The highest BCUT2D eigenvalue weighted by atomic mass is 32.1. The van der Waals surface area contributed by atoms with Crippen molar-refractivity contribution in [1.29, 1.82) is 0 Å². The van der Waals surface area contributed by atoms with E-state index in [0.29, 0.717) is 0 Å². The Balaban J connectivity index is 1.81. The van der Waals surface area contributed by atoms with Gasteiger partial charge in [-0.1, -0.05) is 59.9 Å². The third-order valence-corrected chi connectivity index (χ3v) is 6.99. The van der Waals surface area contributed by atoms with Crippen LogP contribution in [-0.4, -0.2) is 14.0 Å². The van der Waals surface area contributed by atoms with E-state index in [1.54, 1.807) is 15.7 Å². The fourth-order valence-corrected chi connectivity index (χ4v) is 5.66. The average Bonchev–Trinajstić information content (AvgIpc) is 3.35. The van der Waals surface area contributed by atoms with Crippen LogP contribution in [0.1, 0.15) is 0 Å². The monoisotopic (exact) mass is 417 g/mol. The number of aromatic nitrogens is 3. The van der Waals surface area contributed by atoms with Gasteiger partial charge in [-0.15, -0.1) is 0 Å². The predicted molar refractivity (Wildman–Crippen MR) is 129 cm³/mol. The fraction of sp³-hybridized carbons (Fsp3) is 0. The molecule has 0 aliphatic rings. The molecule has 0 saturated carbocycles. The van der Waals surface area contributed by atoms with Crippen molar-refractivity contribution < 1.29 is 0 Å². The van der Waals surface area contributed by atoms with Crippen molar-refractivity contribution in [3.63, 3.8) is 0 Å². The molecule has 5 heteroatoms. The summed E-state index contributed by atoms with van der Waals surface area (Å²) in [5.74, 6) is 0. The maximum Gasteiger partial charge on any atom is 0.266 e. The molecule has 7 rings (SSSR count). The summed E-state index contributed by atoms with van der Waals surface area (Å²) in [5.41, 5.74) is 4.85. The van der Waals surface area contributed by atoms with Crippen molar-refractivity contribution in [2.24, 2.45) is 0 Å². The van der Waals surface area contributed by atoms with Crippen molar-refractivity contribution in [2.75, 3.05) is 0 Å². The van der Waals surface area contributed by atoms with Crippen LogP contribution in [0.3, 0.4) is 0 Å². The minimum absolute atomic E-state index is 0.0239. The van der Waals surface area contributed by atoms with Gasteiger partial charge in [0.2, 0.25) is 0 Å². The highest BCUT2D eigenvalue weighted by Gasteiger charge is 2.20. The minimum Gasteiger partial charge on any atom is -0.307 e. The topological polar surface area (TPSA) is 39.3 Å². The Kier molecular flexibility index (Phi) is 3.27. The first-order valence-corrected chi connectivity index (χ1v) is 10.9. The summed E-state index contributed by atoms with van der Waals surface area (Å²) in [6.07, 6.45) is 0. The highest BCUT2D eigenvalue weighted by Crippen LogP contribution is 2.37. The van der Waals surface area contributed by atoms with E-state index in [1.807, 2.05) is 48.5 Å². The lowest BCUT2D eigenvalue weighted by atomic mass is 10.1. The number of para-hydroxylation sites is 2. The van der Waals surface area contributed by atoms with Crippen molar-refractivity contribution in [2.45, 2.75) is 0 Å². The molecule has 0 N–H and O–H groups in total. The number of hydrogen-bond donors (Lipinski definition) is 0. The lowest BCUT2D eigenvalue weighted by Crippen LogP contribution is -2.12. The van der Waals surface area contributed by atoms with Gasteiger partial charge in [0.1, 0.15) is 5.52 Å². The Morgan fingerprint density at radius 3 is 2.29 bits per heavy atom. The molecule has 0 aliphatic heterocycles. The lowest BCUT2D eigenvalue weighted by molar-refractivity contribution is 1.16. The lowest BCUT2D eigenvalue weighted by Gasteiger charge is -2.08. The molecule has 0 bridgehead atoms. The van der Waals surface area contributed by atoms with Gasteiger partial charge in [-0.05, 0) is 42.5 Å². The molecule has 0 saturated heterocycles. The maximum absolute atomic E-state index is 13.6. The second kappa shape index (κ2) is 6.03. The van der Waals surface area contributed by atoms with Crippen LogP contribution in [-0.2, 0) is 0 Å². The zero-order valence-corrected chi connectivity index (χ0v) is 17.1. The van der Waals surface area contributed by atoms with E-state index >= 15 is 0 Å². The number of nitrogens with zero attached hydrogens (tertiary/aromatic N) is 3. The summed E-state index contributed by atoms with van der Waals surface area (Å²) in [6.45, 7) is 0. The molecular formula is C26H15N3OS. The van der Waals surface area contributed by atoms with Crippen LogP contribution in [0, 0.1) is 0 Å². The largest absolute Gasteiger partial charge is 0.307 e. The zero-order valence-electron chi connectivity index (χ0n) is 16.3. The molecule has 0 aliphatic carbocycles. The molecule has 4 nitrogen and oxygen atoms in total. The van der Waals surface area contributed by atoms with Gasteiger partial charge in [-0.2, -0.15) is 0 Å². The molecule has 0 fully saturated rings. The van der Waals surface area contributed by atoms with E-state index < -0.39 is 0 Å². The number of benzene rings is 4. The van der Waals surface area contributed by atoms with E-state index in [1.165, 1.54) is 0 Å². The van der Waals surface area contributed by atoms with Gasteiger partial charge in [0, 0.05) is 21.2 Å². The van der Waals surface area contributed by atoms with Gasteiger partial charge >= 0.3 is 0 Å². The van der Waals surface area contributed by atoms with Crippen LogP contribution < -0.4 is 5.56 Å². The first-order chi connectivity index (χ1) is 15.3. The summed E-state index contributed by atoms with van der Waals surface area (Å²) in [5, 5.41) is 3.00. The Morgan fingerprint density at radius 2 is 1.42 bits per heavy atom. The van der Waals surface area contributed by atoms with Gasteiger partial charge in [-0.3, -0.25) is 4.79 Å². The Morgan fingerprint density at radius 1 is 0.677 bits per heavy atom. The standard InChI is InChI=1S/C26H15N3OS/c30-25-19-11-5-7-13-22(19)31-26-27-20-15-14-18-17-10-4-6-12-21(17)28(16-8-2-1-3-9-16)23(18)24(20)29(25)26/h1-15H. The second-order valence-corrected chi connectivity index (χ2v) is 8.66. The number of imidazole rings is 1. The summed E-state index contributed by atoms with van der Waals surface area (Å²) in [7, 11) is 0. The van der Waals surface area contributed by atoms with E-state index in [-0.39, 0.29) is 5.56 Å². The Hall–Kier alpha value is -3.96. The molecule has 0 amide bonds. The van der Waals surface area contributed by atoms with Crippen molar-refractivity contribution >= 4 is 59.2 Å². The Labute approximate surface area is 180 Å². The van der Waals surface area contributed by atoms with Crippen LogP contribution in [0.25, 0.3) is 53.6 Å². The quantitative estimate of drug-likeness (QED) is 0.321. The molecule has 0 spiro atoms. The van der Waals surface area contributed by atoms with Gasteiger partial charge in [0.25, 0.3) is 5.56 Å². The summed E-state index contributed by atoms with van der Waals surface area (Å²) < 4.78 is 5.00.